The summed E-state index contributed by atoms with van der Waals surface area (Å²) in [6.07, 6.45) is 1.02. The van der Waals surface area contributed by atoms with Gasteiger partial charge < -0.3 is 10.6 Å². The predicted molar refractivity (Wildman–Crippen MR) is 66.4 cm³/mol. The number of rotatable bonds is 3. The molecule has 0 spiro atoms. The Labute approximate surface area is 104 Å². The smallest absolute Gasteiger partial charge is 0.293 e. The summed E-state index contributed by atoms with van der Waals surface area (Å²) in [4.78, 5) is 12.1. The quantitative estimate of drug-likeness (QED) is 0.619. The van der Waals surface area contributed by atoms with E-state index in [4.69, 9.17) is 5.73 Å². The maximum Gasteiger partial charge on any atom is 0.293 e. The molecule has 18 heavy (non-hydrogen) atoms. The van der Waals surface area contributed by atoms with E-state index in [9.17, 15) is 18.5 Å². The van der Waals surface area contributed by atoms with Crippen LogP contribution in [0, 0.1) is 10.1 Å². The van der Waals surface area contributed by atoms with Crippen molar-refractivity contribution in [3.05, 3.63) is 28.3 Å². The van der Waals surface area contributed by atoms with Crippen molar-refractivity contribution in [3.8, 4) is 0 Å². The highest BCUT2D eigenvalue weighted by atomic mass is 32.2. The molecule has 0 aliphatic carbocycles. The van der Waals surface area contributed by atoms with Gasteiger partial charge in [-0.05, 0) is 12.1 Å². The minimum atomic E-state index is -3.45. The van der Waals surface area contributed by atoms with Gasteiger partial charge in [-0.15, -0.1) is 0 Å². The Morgan fingerprint density at radius 1 is 1.44 bits per heavy atom. The fraction of sp³-hybridized carbons (Fsp3) is 0.400. The normalized spacial score (nSPS) is 16.4. The number of anilines is 1. The molecule has 0 radical (unpaired) electrons. The van der Waals surface area contributed by atoms with Crippen molar-refractivity contribution in [2.24, 2.45) is 5.73 Å². The van der Waals surface area contributed by atoms with Crippen LogP contribution in [0.25, 0.3) is 0 Å². The molecule has 1 heterocycles. The Bertz CT molecular complexity index is 593. The van der Waals surface area contributed by atoms with Crippen molar-refractivity contribution in [1.29, 1.82) is 0 Å². The lowest BCUT2D eigenvalue weighted by molar-refractivity contribution is -0.384. The van der Waals surface area contributed by atoms with Crippen molar-refractivity contribution in [2.45, 2.75) is 10.9 Å². The van der Waals surface area contributed by atoms with E-state index in [0.717, 1.165) is 12.3 Å². The van der Waals surface area contributed by atoms with Crippen LogP contribution in [0.2, 0.25) is 0 Å². The van der Waals surface area contributed by atoms with Crippen LogP contribution in [-0.4, -0.2) is 38.7 Å². The molecule has 1 fully saturated rings. The average Bonchev–Trinajstić information content (AvgIpc) is 2.22. The topological polar surface area (TPSA) is 107 Å². The van der Waals surface area contributed by atoms with Crippen molar-refractivity contribution in [3.63, 3.8) is 0 Å². The Morgan fingerprint density at radius 2 is 2.06 bits per heavy atom. The fourth-order valence-corrected chi connectivity index (χ4v) is 2.50. The molecule has 0 unspecified atom stereocenters. The first kappa shape index (κ1) is 12.8. The van der Waals surface area contributed by atoms with Gasteiger partial charge in [0, 0.05) is 31.5 Å². The third-order valence-electron chi connectivity index (χ3n) is 2.82. The Kier molecular flexibility index (Phi) is 2.99. The molecule has 1 saturated heterocycles. The molecule has 7 nitrogen and oxygen atoms in total. The third kappa shape index (κ3) is 2.29. The molecule has 0 atom stereocenters. The molecule has 0 saturated carbocycles. The predicted octanol–water partition coefficient (Wildman–Crippen LogP) is 0.146. The molecule has 0 amide bonds. The maximum absolute atomic E-state index is 11.4. The summed E-state index contributed by atoms with van der Waals surface area (Å²) in [6.45, 7) is 1.08. The van der Waals surface area contributed by atoms with Gasteiger partial charge in [-0.2, -0.15) is 0 Å². The zero-order chi connectivity index (χ0) is 13.5. The van der Waals surface area contributed by atoms with Gasteiger partial charge in [0.25, 0.3) is 5.69 Å². The summed E-state index contributed by atoms with van der Waals surface area (Å²) in [6, 6.07) is 3.94. The van der Waals surface area contributed by atoms with Crippen molar-refractivity contribution >= 4 is 21.2 Å². The SMILES string of the molecule is CS(=O)(=O)c1ccc(N2CC(N)C2)c([N+](=O)[O-])c1. The third-order valence-corrected chi connectivity index (χ3v) is 3.93. The zero-order valence-electron chi connectivity index (χ0n) is 9.74. The summed E-state index contributed by atoms with van der Waals surface area (Å²) in [5, 5.41) is 11.0. The van der Waals surface area contributed by atoms with Gasteiger partial charge >= 0.3 is 0 Å². The molecular weight excluding hydrogens is 258 g/mol. The molecule has 8 heteroatoms. The molecule has 0 bridgehead atoms. The molecular formula is C10H13N3O4S. The second kappa shape index (κ2) is 4.21. The largest absolute Gasteiger partial charge is 0.363 e. The van der Waals surface area contributed by atoms with E-state index in [0.29, 0.717) is 18.8 Å². The number of nitrogens with zero attached hydrogens (tertiary/aromatic N) is 2. The average molecular weight is 271 g/mol. The summed E-state index contributed by atoms with van der Waals surface area (Å²) in [7, 11) is -3.45. The molecule has 1 aliphatic heterocycles. The van der Waals surface area contributed by atoms with Crippen LogP contribution in [0.3, 0.4) is 0 Å². The minimum Gasteiger partial charge on any atom is -0.363 e. The molecule has 2 N–H and O–H groups in total. The molecule has 98 valence electrons. The van der Waals surface area contributed by atoms with Gasteiger partial charge in [0.2, 0.25) is 0 Å². The van der Waals surface area contributed by atoms with Crippen LogP contribution in [0.5, 0.6) is 0 Å². The van der Waals surface area contributed by atoms with E-state index in [1.54, 1.807) is 4.90 Å². The highest BCUT2D eigenvalue weighted by Crippen LogP contribution is 2.33. The number of nitro groups is 1. The molecule has 2 rings (SSSR count). The van der Waals surface area contributed by atoms with E-state index in [-0.39, 0.29) is 16.6 Å². The lowest BCUT2D eigenvalue weighted by atomic mass is 10.1. The van der Waals surface area contributed by atoms with Crippen molar-refractivity contribution < 1.29 is 13.3 Å². The number of hydrogen-bond donors (Lipinski definition) is 1. The van der Waals surface area contributed by atoms with E-state index < -0.39 is 14.8 Å². The molecule has 1 aliphatic rings. The Morgan fingerprint density at radius 3 is 2.50 bits per heavy atom. The second-order valence-corrected chi connectivity index (χ2v) is 6.36. The Balaban J connectivity index is 2.46. The summed E-state index contributed by atoms with van der Waals surface area (Å²) in [5.74, 6) is 0. The van der Waals surface area contributed by atoms with Crippen LogP contribution in [-0.2, 0) is 9.84 Å². The number of benzene rings is 1. The first-order chi connectivity index (χ1) is 8.29. The van der Waals surface area contributed by atoms with Gasteiger partial charge in [0.15, 0.2) is 9.84 Å². The van der Waals surface area contributed by atoms with Crippen LogP contribution in [0.4, 0.5) is 11.4 Å². The van der Waals surface area contributed by atoms with Gasteiger partial charge in [0.1, 0.15) is 5.69 Å². The van der Waals surface area contributed by atoms with Gasteiger partial charge in [-0.25, -0.2) is 8.42 Å². The number of nitro benzene ring substituents is 1. The van der Waals surface area contributed by atoms with Crippen LogP contribution in [0.15, 0.2) is 23.1 Å². The lowest BCUT2D eigenvalue weighted by Gasteiger charge is -2.38. The standard InChI is InChI=1S/C10H13N3O4S/c1-18(16,17)8-2-3-9(10(4-8)13(14)15)12-5-7(11)6-12/h2-4,7H,5-6,11H2,1H3. The summed E-state index contributed by atoms with van der Waals surface area (Å²) >= 11 is 0. The summed E-state index contributed by atoms with van der Waals surface area (Å²) in [5.41, 5.74) is 5.83. The first-order valence-electron chi connectivity index (χ1n) is 5.28. The highest BCUT2D eigenvalue weighted by Gasteiger charge is 2.29. The van der Waals surface area contributed by atoms with Gasteiger partial charge in [-0.1, -0.05) is 0 Å². The maximum atomic E-state index is 11.4. The molecule has 1 aromatic carbocycles. The monoisotopic (exact) mass is 271 g/mol. The van der Waals surface area contributed by atoms with E-state index in [1.807, 2.05) is 0 Å². The molecule has 1 aromatic rings. The van der Waals surface area contributed by atoms with Crippen LogP contribution >= 0.6 is 0 Å². The van der Waals surface area contributed by atoms with Gasteiger partial charge in [0.05, 0.1) is 9.82 Å². The first-order valence-corrected chi connectivity index (χ1v) is 7.17. The number of nitrogens with two attached hydrogens (primary N) is 1. The van der Waals surface area contributed by atoms with Gasteiger partial charge in [-0.3, -0.25) is 10.1 Å². The van der Waals surface area contributed by atoms with E-state index in [2.05, 4.69) is 0 Å². The van der Waals surface area contributed by atoms with Crippen LogP contribution in [0.1, 0.15) is 0 Å². The lowest BCUT2D eigenvalue weighted by Crippen LogP contribution is -2.56. The van der Waals surface area contributed by atoms with Crippen molar-refractivity contribution in [2.75, 3.05) is 24.2 Å². The zero-order valence-corrected chi connectivity index (χ0v) is 10.6. The second-order valence-electron chi connectivity index (χ2n) is 4.34. The number of sulfone groups is 1. The minimum absolute atomic E-state index is 0.0131. The number of hydrogen-bond acceptors (Lipinski definition) is 6. The molecule has 0 aromatic heterocycles. The van der Waals surface area contributed by atoms with E-state index in [1.165, 1.54) is 12.1 Å². The van der Waals surface area contributed by atoms with E-state index >= 15 is 0 Å². The summed E-state index contributed by atoms with van der Waals surface area (Å²) < 4.78 is 22.7. The van der Waals surface area contributed by atoms with Crippen molar-refractivity contribution in [1.82, 2.24) is 0 Å². The highest BCUT2D eigenvalue weighted by molar-refractivity contribution is 7.90. The van der Waals surface area contributed by atoms with Crippen LogP contribution < -0.4 is 10.6 Å². The fourth-order valence-electron chi connectivity index (χ4n) is 1.86. The Hall–Kier alpha value is -1.67.